The Hall–Kier alpha value is -2.38. The molecule has 6 nitrogen and oxygen atoms in total. The first-order valence-corrected chi connectivity index (χ1v) is 11.0. The molecule has 0 saturated carbocycles. The van der Waals surface area contributed by atoms with E-state index < -0.39 is 10.1 Å². The van der Waals surface area contributed by atoms with Crippen LogP contribution in [0.15, 0.2) is 54.6 Å². The van der Waals surface area contributed by atoms with Gasteiger partial charge in [-0.05, 0) is 36.6 Å². The van der Waals surface area contributed by atoms with Gasteiger partial charge in [0.2, 0.25) is 5.91 Å². The SMILES string of the molecule is CC[C@@H](C)N(Cc1ccc(OS(C)(=O)=O)cc1)C(=O)COCc1ccccc1. The van der Waals surface area contributed by atoms with Crippen molar-refractivity contribution in [3.63, 3.8) is 0 Å². The van der Waals surface area contributed by atoms with Gasteiger partial charge in [0.25, 0.3) is 0 Å². The molecule has 0 bridgehead atoms. The average molecular weight is 406 g/mol. The Bertz CT molecular complexity index is 850. The summed E-state index contributed by atoms with van der Waals surface area (Å²) in [6.45, 7) is 4.84. The average Bonchev–Trinajstić information content (AvgIpc) is 2.66. The molecule has 0 aliphatic rings. The van der Waals surface area contributed by atoms with Gasteiger partial charge in [-0.1, -0.05) is 49.4 Å². The van der Waals surface area contributed by atoms with Gasteiger partial charge in [-0.3, -0.25) is 4.79 Å². The van der Waals surface area contributed by atoms with E-state index in [2.05, 4.69) is 0 Å². The van der Waals surface area contributed by atoms with Crippen LogP contribution in [-0.4, -0.2) is 38.1 Å². The number of hydrogen-bond donors (Lipinski definition) is 0. The third-order valence-electron chi connectivity index (χ3n) is 4.30. The first kappa shape index (κ1) is 21.9. The molecular weight excluding hydrogens is 378 g/mol. The standard InChI is InChI=1S/C21H27NO5S/c1-4-17(2)22(21(23)16-26-15-19-8-6-5-7-9-19)14-18-10-12-20(13-11-18)27-28(3,24)25/h5-13,17H,4,14-16H2,1-3H3/t17-/m1/s1. The zero-order chi connectivity index (χ0) is 20.6. The topological polar surface area (TPSA) is 72.9 Å². The lowest BCUT2D eigenvalue weighted by Crippen LogP contribution is -2.40. The molecule has 0 radical (unpaired) electrons. The Morgan fingerprint density at radius 2 is 1.68 bits per heavy atom. The lowest BCUT2D eigenvalue weighted by atomic mass is 10.1. The largest absolute Gasteiger partial charge is 0.383 e. The molecule has 28 heavy (non-hydrogen) atoms. The summed E-state index contributed by atoms with van der Waals surface area (Å²) < 4.78 is 32.8. The number of amides is 1. The lowest BCUT2D eigenvalue weighted by molar-refractivity contribution is -0.139. The van der Waals surface area contributed by atoms with Crippen LogP contribution in [0, 0.1) is 0 Å². The molecule has 0 heterocycles. The van der Waals surface area contributed by atoms with E-state index in [0.29, 0.717) is 13.2 Å². The van der Waals surface area contributed by atoms with Crippen LogP contribution in [0.4, 0.5) is 0 Å². The molecule has 0 unspecified atom stereocenters. The van der Waals surface area contributed by atoms with Crippen LogP contribution in [0.5, 0.6) is 5.75 Å². The third-order valence-corrected chi connectivity index (χ3v) is 4.80. The maximum atomic E-state index is 12.7. The highest BCUT2D eigenvalue weighted by Gasteiger charge is 2.19. The van der Waals surface area contributed by atoms with E-state index in [9.17, 15) is 13.2 Å². The van der Waals surface area contributed by atoms with Crippen LogP contribution in [0.3, 0.4) is 0 Å². The van der Waals surface area contributed by atoms with Crippen LogP contribution >= 0.6 is 0 Å². The van der Waals surface area contributed by atoms with Crippen molar-refractivity contribution in [2.24, 2.45) is 0 Å². The summed E-state index contributed by atoms with van der Waals surface area (Å²) in [6, 6.07) is 16.5. The molecule has 2 rings (SSSR count). The lowest BCUT2D eigenvalue weighted by Gasteiger charge is -2.29. The molecule has 152 valence electrons. The Labute approximate surface area is 167 Å². The van der Waals surface area contributed by atoms with Gasteiger partial charge in [0, 0.05) is 12.6 Å². The summed E-state index contributed by atoms with van der Waals surface area (Å²) in [5.74, 6) is 0.167. The number of ether oxygens (including phenoxy) is 1. The normalized spacial score (nSPS) is 12.4. The summed E-state index contributed by atoms with van der Waals surface area (Å²) in [4.78, 5) is 14.5. The van der Waals surface area contributed by atoms with Crippen molar-refractivity contribution < 1.29 is 22.1 Å². The Kier molecular flexibility index (Phi) is 8.02. The highest BCUT2D eigenvalue weighted by atomic mass is 32.2. The highest BCUT2D eigenvalue weighted by molar-refractivity contribution is 7.86. The minimum Gasteiger partial charge on any atom is -0.383 e. The van der Waals surface area contributed by atoms with Crippen molar-refractivity contribution in [3.8, 4) is 5.75 Å². The fourth-order valence-corrected chi connectivity index (χ4v) is 3.11. The number of rotatable bonds is 10. The molecule has 0 spiro atoms. The van der Waals surface area contributed by atoms with Crippen molar-refractivity contribution in [2.75, 3.05) is 12.9 Å². The van der Waals surface area contributed by atoms with E-state index in [0.717, 1.165) is 23.8 Å². The molecule has 0 saturated heterocycles. The summed E-state index contributed by atoms with van der Waals surface area (Å²) in [6.07, 6.45) is 1.82. The number of nitrogens with zero attached hydrogens (tertiary/aromatic N) is 1. The maximum absolute atomic E-state index is 12.7. The van der Waals surface area contributed by atoms with E-state index in [4.69, 9.17) is 8.92 Å². The fraction of sp³-hybridized carbons (Fsp3) is 0.381. The number of hydrogen-bond acceptors (Lipinski definition) is 5. The van der Waals surface area contributed by atoms with Crippen LogP contribution < -0.4 is 4.18 Å². The molecule has 2 aromatic carbocycles. The van der Waals surface area contributed by atoms with Gasteiger partial charge in [-0.15, -0.1) is 0 Å². The smallest absolute Gasteiger partial charge is 0.306 e. The molecular formula is C21H27NO5S. The van der Waals surface area contributed by atoms with Crippen molar-refractivity contribution in [2.45, 2.75) is 39.5 Å². The maximum Gasteiger partial charge on any atom is 0.306 e. The summed E-state index contributed by atoms with van der Waals surface area (Å²) in [7, 11) is -3.56. The van der Waals surface area contributed by atoms with Crippen LogP contribution in [0.25, 0.3) is 0 Å². The van der Waals surface area contributed by atoms with Crippen LogP contribution in [0.1, 0.15) is 31.4 Å². The van der Waals surface area contributed by atoms with Gasteiger partial charge in [-0.25, -0.2) is 0 Å². The summed E-state index contributed by atoms with van der Waals surface area (Å²) in [5.41, 5.74) is 1.91. The Morgan fingerprint density at radius 1 is 1.04 bits per heavy atom. The van der Waals surface area contributed by atoms with E-state index >= 15 is 0 Å². The molecule has 0 aromatic heterocycles. The van der Waals surface area contributed by atoms with E-state index in [1.54, 1.807) is 29.2 Å². The molecule has 1 amide bonds. The van der Waals surface area contributed by atoms with Gasteiger partial charge >= 0.3 is 10.1 Å². The van der Waals surface area contributed by atoms with Gasteiger partial charge in [-0.2, -0.15) is 8.42 Å². The van der Waals surface area contributed by atoms with Crippen molar-refractivity contribution >= 4 is 16.0 Å². The van der Waals surface area contributed by atoms with Gasteiger partial charge in [0.15, 0.2) is 0 Å². The second-order valence-corrected chi connectivity index (χ2v) is 8.26. The third kappa shape index (κ3) is 7.32. The zero-order valence-corrected chi connectivity index (χ0v) is 17.3. The number of carbonyl (C=O) groups is 1. The quantitative estimate of drug-likeness (QED) is 0.567. The first-order chi connectivity index (χ1) is 13.3. The van der Waals surface area contributed by atoms with E-state index in [1.165, 1.54) is 0 Å². The predicted molar refractivity (Wildman–Crippen MR) is 108 cm³/mol. The minimum absolute atomic E-state index is 0.00844. The van der Waals surface area contributed by atoms with Crippen molar-refractivity contribution in [1.82, 2.24) is 4.90 Å². The van der Waals surface area contributed by atoms with E-state index in [-0.39, 0.29) is 24.3 Å². The molecule has 1 atom stereocenters. The molecule has 7 heteroatoms. The van der Waals surface area contributed by atoms with Crippen LogP contribution in [-0.2, 0) is 32.8 Å². The van der Waals surface area contributed by atoms with Gasteiger partial charge in [0.1, 0.15) is 12.4 Å². The Balaban J connectivity index is 1.97. The van der Waals surface area contributed by atoms with Crippen molar-refractivity contribution in [1.29, 1.82) is 0 Å². The first-order valence-electron chi connectivity index (χ1n) is 9.18. The molecule has 0 fully saturated rings. The zero-order valence-electron chi connectivity index (χ0n) is 16.5. The highest BCUT2D eigenvalue weighted by Crippen LogP contribution is 2.17. The minimum atomic E-state index is -3.56. The molecule has 2 aromatic rings. The summed E-state index contributed by atoms with van der Waals surface area (Å²) in [5, 5.41) is 0. The van der Waals surface area contributed by atoms with Gasteiger partial charge < -0.3 is 13.8 Å². The second kappa shape index (κ2) is 10.2. The predicted octanol–water partition coefficient (Wildman–Crippen LogP) is 3.37. The fourth-order valence-electron chi connectivity index (χ4n) is 2.65. The van der Waals surface area contributed by atoms with Gasteiger partial charge in [0.05, 0.1) is 12.9 Å². The van der Waals surface area contributed by atoms with E-state index in [1.807, 2.05) is 44.2 Å². The van der Waals surface area contributed by atoms with Crippen molar-refractivity contribution in [3.05, 3.63) is 65.7 Å². The monoisotopic (exact) mass is 405 g/mol. The molecule has 0 aliphatic carbocycles. The van der Waals surface area contributed by atoms with Crippen LogP contribution in [0.2, 0.25) is 0 Å². The number of benzene rings is 2. The summed E-state index contributed by atoms with van der Waals surface area (Å²) >= 11 is 0. The second-order valence-electron chi connectivity index (χ2n) is 6.69. The Morgan fingerprint density at radius 3 is 2.25 bits per heavy atom. The molecule has 0 N–H and O–H groups in total. The number of carbonyl (C=O) groups excluding carboxylic acids is 1. The molecule has 0 aliphatic heterocycles.